The molecule has 0 aliphatic heterocycles. The molecule has 0 spiro atoms. The summed E-state index contributed by atoms with van der Waals surface area (Å²) in [4.78, 5) is 11.1. The van der Waals surface area contributed by atoms with Crippen LogP contribution in [0, 0.1) is 11.8 Å². The largest absolute Gasteiger partial charge is 0.478 e. The van der Waals surface area contributed by atoms with Gasteiger partial charge in [0.1, 0.15) is 5.75 Å². The van der Waals surface area contributed by atoms with E-state index in [1.54, 1.807) is 6.92 Å². The summed E-state index contributed by atoms with van der Waals surface area (Å²) in [6.07, 6.45) is -0.737. The Balaban J connectivity index is 1.78. The van der Waals surface area contributed by atoms with Crippen LogP contribution in [-0.4, -0.2) is 23.5 Å². The Kier molecular flexibility index (Phi) is 4.95. The van der Waals surface area contributed by atoms with Crippen molar-refractivity contribution in [1.82, 2.24) is 0 Å². The minimum Gasteiger partial charge on any atom is -0.478 e. The van der Waals surface area contributed by atoms with Crippen molar-refractivity contribution in [2.45, 2.75) is 57.6 Å². The maximum Gasteiger partial charge on any atom is 0.419 e. The van der Waals surface area contributed by atoms with Gasteiger partial charge in [0, 0.05) is 6.42 Å². The number of fused-ring (bicyclic) bond motifs is 2. The fraction of sp³-hybridized carbons (Fsp3) is 0.611. The summed E-state index contributed by atoms with van der Waals surface area (Å²) in [6, 6.07) is 2.58. The first-order valence-electron chi connectivity index (χ1n) is 8.54. The molecule has 25 heavy (non-hydrogen) atoms. The standard InChI is InChI=1S/C18H21F3O4/c1-2-16(24-14-8-10-3-4-11(14)7-10)25-15-9-12(17(22)23)5-6-13(15)18(19,20)21/h5-6,9-11,14,16H,2-4,7-8H2,1H3,(H,22,23). The number of ether oxygens (including phenoxy) is 2. The molecule has 1 N–H and O–H groups in total. The van der Waals surface area contributed by atoms with Crippen molar-refractivity contribution in [1.29, 1.82) is 0 Å². The van der Waals surface area contributed by atoms with Crippen LogP contribution in [0.1, 0.15) is 54.9 Å². The van der Waals surface area contributed by atoms with Crippen LogP contribution in [0.3, 0.4) is 0 Å². The van der Waals surface area contributed by atoms with Crippen LogP contribution in [0.25, 0.3) is 0 Å². The van der Waals surface area contributed by atoms with E-state index in [1.165, 1.54) is 6.42 Å². The molecule has 4 unspecified atom stereocenters. The third-order valence-corrected chi connectivity index (χ3v) is 5.13. The predicted molar refractivity (Wildman–Crippen MR) is 83.4 cm³/mol. The molecule has 0 saturated heterocycles. The molecule has 4 atom stereocenters. The summed E-state index contributed by atoms with van der Waals surface area (Å²) in [5.74, 6) is -0.702. The Bertz CT molecular complexity index is 644. The predicted octanol–water partition coefficient (Wildman–Crippen LogP) is 4.72. The third kappa shape index (κ3) is 3.92. The van der Waals surface area contributed by atoms with Gasteiger partial charge < -0.3 is 14.6 Å². The average Bonchev–Trinajstić information content (AvgIpc) is 3.15. The van der Waals surface area contributed by atoms with E-state index in [0.717, 1.165) is 37.5 Å². The van der Waals surface area contributed by atoms with E-state index in [-0.39, 0.29) is 11.7 Å². The summed E-state index contributed by atoms with van der Waals surface area (Å²) >= 11 is 0. The Morgan fingerprint density at radius 2 is 2.08 bits per heavy atom. The van der Waals surface area contributed by atoms with E-state index < -0.39 is 29.7 Å². The minimum atomic E-state index is -4.63. The van der Waals surface area contributed by atoms with Gasteiger partial charge in [0.2, 0.25) is 0 Å². The number of hydrogen-bond donors (Lipinski definition) is 1. The molecule has 7 heteroatoms. The molecule has 1 aromatic carbocycles. The lowest BCUT2D eigenvalue weighted by Crippen LogP contribution is -2.30. The van der Waals surface area contributed by atoms with Gasteiger partial charge in [-0.05, 0) is 55.7 Å². The Morgan fingerprint density at radius 1 is 1.32 bits per heavy atom. The van der Waals surface area contributed by atoms with Gasteiger partial charge in [-0.3, -0.25) is 0 Å². The van der Waals surface area contributed by atoms with E-state index in [2.05, 4.69) is 0 Å². The van der Waals surface area contributed by atoms with Gasteiger partial charge in [-0.1, -0.05) is 6.92 Å². The second kappa shape index (κ2) is 6.86. The zero-order valence-electron chi connectivity index (χ0n) is 13.9. The fourth-order valence-electron chi connectivity index (χ4n) is 3.88. The van der Waals surface area contributed by atoms with Crippen LogP contribution >= 0.6 is 0 Å². The molecule has 0 aromatic heterocycles. The summed E-state index contributed by atoms with van der Waals surface area (Å²) in [5, 5.41) is 9.03. The van der Waals surface area contributed by atoms with Crippen molar-refractivity contribution >= 4 is 5.97 Å². The number of alkyl halides is 3. The molecular weight excluding hydrogens is 337 g/mol. The van der Waals surface area contributed by atoms with E-state index in [1.807, 2.05) is 0 Å². The van der Waals surface area contributed by atoms with Gasteiger partial charge in [0.15, 0.2) is 6.29 Å². The third-order valence-electron chi connectivity index (χ3n) is 5.13. The van der Waals surface area contributed by atoms with Crippen LogP contribution in [0.15, 0.2) is 18.2 Å². The van der Waals surface area contributed by atoms with E-state index in [4.69, 9.17) is 14.6 Å². The highest BCUT2D eigenvalue weighted by atomic mass is 19.4. The quantitative estimate of drug-likeness (QED) is 0.748. The molecule has 1 aromatic rings. The number of halogens is 3. The Labute approximate surface area is 143 Å². The molecule has 3 rings (SSSR count). The maximum absolute atomic E-state index is 13.2. The van der Waals surface area contributed by atoms with Crippen molar-refractivity contribution in [3.05, 3.63) is 29.3 Å². The monoisotopic (exact) mass is 358 g/mol. The number of carboxylic acids is 1. The van der Waals surface area contributed by atoms with Crippen molar-refractivity contribution in [2.24, 2.45) is 11.8 Å². The number of benzene rings is 1. The molecule has 4 nitrogen and oxygen atoms in total. The van der Waals surface area contributed by atoms with Crippen LogP contribution in [0.5, 0.6) is 5.75 Å². The van der Waals surface area contributed by atoms with Crippen LogP contribution in [0.4, 0.5) is 13.2 Å². The highest BCUT2D eigenvalue weighted by Crippen LogP contribution is 2.46. The fourth-order valence-corrected chi connectivity index (χ4v) is 3.88. The molecule has 2 fully saturated rings. The van der Waals surface area contributed by atoms with Crippen LogP contribution < -0.4 is 4.74 Å². The lowest BCUT2D eigenvalue weighted by molar-refractivity contribution is -0.151. The molecule has 2 aliphatic carbocycles. The number of carboxylic acid groups (broad SMARTS) is 1. The van der Waals surface area contributed by atoms with Gasteiger partial charge in [0.05, 0.1) is 17.2 Å². The summed E-state index contributed by atoms with van der Waals surface area (Å²) in [7, 11) is 0. The van der Waals surface area contributed by atoms with Crippen molar-refractivity contribution < 1.29 is 32.5 Å². The number of rotatable bonds is 6. The van der Waals surface area contributed by atoms with Crippen molar-refractivity contribution in [3.63, 3.8) is 0 Å². The van der Waals surface area contributed by atoms with Crippen molar-refractivity contribution in [3.8, 4) is 5.75 Å². The Morgan fingerprint density at radius 3 is 2.60 bits per heavy atom. The molecular formula is C18H21F3O4. The van der Waals surface area contributed by atoms with Gasteiger partial charge in [-0.25, -0.2) is 4.79 Å². The highest BCUT2D eigenvalue weighted by molar-refractivity contribution is 5.88. The van der Waals surface area contributed by atoms with Gasteiger partial charge >= 0.3 is 12.1 Å². The normalized spacial score (nSPS) is 26.6. The van der Waals surface area contributed by atoms with E-state index >= 15 is 0 Å². The number of carbonyl (C=O) groups is 1. The average molecular weight is 358 g/mol. The first-order valence-corrected chi connectivity index (χ1v) is 8.54. The topological polar surface area (TPSA) is 55.8 Å². The Hall–Kier alpha value is -1.76. The zero-order chi connectivity index (χ0) is 18.2. The maximum atomic E-state index is 13.2. The van der Waals surface area contributed by atoms with Crippen molar-refractivity contribution in [2.75, 3.05) is 0 Å². The first-order chi connectivity index (χ1) is 11.8. The lowest BCUT2D eigenvalue weighted by atomic mass is 9.98. The molecule has 0 amide bonds. The molecule has 138 valence electrons. The second-order valence-corrected chi connectivity index (χ2v) is 6.82. The van der Waals surface area contributed by atoms with E-state index in [9.17, 15) is 18.0 Å². The van der Waals surface area contributed by atoms with Crippen LogP contribution in [-0.2, 0) is 10.9 Å². The SMILES string of the molecule is CCC(Oc1cc(C(=O)O)ccc1C(F)(F)F)OC1CC2CCC1C2. The second-order valence-electron chi connectivity index (χ2n) is 6.82. The van der Waals surface area contributed by atoms with Gasteiger partial charge in [-0.2, -0.15) is 13.2 Å². The number of aromatic carboxylic acids is 1. The van der Waals surface area contributed by atoms with Gasteiger partial charge in [0.25, 0.3) is 0 Å². The smallest absolute Gasteiger partial charge is 0.419 e. The summed E-state index contributed by atoms with van der Waals surface area (Å²) in [6.45, 7) is 1.77. The molecule has 0 heterocycles. The molecule has 2 aliphatic rings. The van der Waals surface area contributed by atoms with Gasteiger partial charge in [-0.15, -0.1) is 0 Å². The minimum absolute atomic E-state index is 0.0145. The summed E-state index contributed by atoms with van der Waals surface area (Å²) < 4.78 is 51.0. The van der Waals surface area contributed by atoms with Crippen LogP contribution in [0.2, 0.25) is 0 Å². The lowest BCUT2D eigenvalue weighted by Gasteiger charge is -2.28. The first kappa shape index (κ1) is 18.0. The molecule has 0 radical (unpaired) electrons. The number of hydrogen-bond acceptors (Lipinski definition) is 3. The molecule has 2 saturated carbocycles. The highest BCUT2D eigenvalue weighted by Gasteiger charge is 2.42. The summed E-state index contributed by atoms with van der Waals surface area (Å²) in [5.41, 5.74) is -1.25. The zero-order valence-corrected chi connectivity index (χ0v) is 13.9. The van der Waals surface area contributed by atoms with E-state index in [0.29, 0.717) is 18.3 Å². The molecule has 2 bridgehead atoms.